The summed E-state index contributed by atoms with van der Waals surface area (Å²) < 4.78 is 5.95. The van der Waals surface area contributed by atoms with E-state index in [4.69, 9.17) is 4.74 Å². The first kappa shape index (κ1) is 15.3. The van der Waals surface area contributed by atoms with Gasteiger partial charge in [0.15, 0.2) is 0 Å². The second-order valence-corrected chi connectivity index (χ2v) is 6.61. The lowest BCUT2D eigenvalue weighted by molar-refractivity contribution is 0.126. The van der Waals surface area contributed by atoms with Gasteiger partial charge in [0.25, 0.3) is 0 Å². The number of ether oxygens (including phenoxy) is 1. The van der Waals surface area contributed by atoms with Crippen LogP contribution in [0.4, 0.5) is 5.69 Å². The van der Waals surface area contributed by atoms with Crippen molar-refractivity contribution in [1.82, 2.24) is 4.98 Å². The molecule has 0 aliphatic carbocycles. The maximum absolute atomic E-state index is 5.95. The molecule has 2 aromatic carbocycles. The van der Waals surface area contributed by atoms with Crippen molar-refractivity contribution >= 4 is 16.5 Å². The summed E-state index contributed by atoms with van der Waals surface area (Å²) in [5, 5.41) is 5.62. The van der Waals surface area contributed by atoms with Crippen molar-refractivity contribution in [3.63, 3.8) is 0 Å². The van der Waals surface area contributed by atoms with Crippen molar-refractivity contribution in [2.75, 3.05) is 5.32 Å². The Bertz CT molecular complexity index is 792. The number of benzene rings is 2. The lowest BCUT2D eigenvalue weighted by Crippen LogP contribution is -2.23. The zero-order chi connectivity index (χ0) is 16.3. The Morgan fingerprint density at radius 2 is 1.78 bits per heavy atom. The van der Waals surface area contributed by atoms with E-state index in [0.717, 1.165) is 23.0 Å². The van der Waals surface area contributed by atoms with Gasteiger partial charge in [-0.05, 0) is 56.0 Å². The fraction of sp³-hybridized carbons (Fsp3) is 0.250. The van der Waals surface area contributed by atoms with E-state index in [1.807, 2.05) is 32.9 Å². The van der Waals surface area contributed by atoms with Gasteiger partial charge in [0, 0.05) is 23.8 Å². The maximum atomic E-state index is 5.95. The number of aromatic nitrogens is 1. The van der Waals surface area contributed by atoms with Crippen LogP contribution >= 0.6 is 0 Å². The fourth-order valence-corrected chi connectivity index (χ4v) is 2.43. The predicted molar refractivity (Wildman–Crippen MR) is 95.9 cm³/mol. The lowest BCUT2D eigenvalue weighted by Gasteiger charge is -2.21. The van der Waals surface area contributed by atoms with Crippen molar-refractivity contribution in [2.24, 2.45) is 0 Å². The second-order valence-electron chi connectivity index (χ2n) is 6.61. The molecule has 1 N–H and O–H groups in total. The molecule has 0 bridgehead atoms. The number of pyridine rings is 1. The molecule has 0 fully saturated rings. The molecule has 0 amide bonds. The Hall–Kier alpha value is -2.55. The Balaban J connectivity index is 1.82. The minimum absolute atomic E-state index is 0.258. The summed E-state index contributed by atoms with van der Waals surface area (Å²) in [6.45, 7) is 6.90. The standard InChI is InChI=1S/C20H22N2O/c1-20(2,3)23-19-18-10-9-17(13-16(18)11-12-21-19)22-14-15-7-5-4-6-8-15/h4-13,22H,14H2,1-3H3. The molecule has 0 aliphatic rings. The van der Waals surface area contributed by atoms with Gasteiger partial charge in [-0.1, -0.05) is 30.3 Å². The zero-order valence-corrected chi connectivity index (χ0v) is 13.8. The van der Waals surface area contributed by atoms with Gasteiger partial charge < -0.3 is 10.1 Å². The van der Waals surface area contributed by atoms with Gasteiger partial charge in [0.05, 0.1) is 0 Å². The van der Waals surface area contributed by atoms with E-state index in [0.29, 0.717) is 5.88 Å². The van der Waals surface area contributed by atoms with E-state index in [-0.39, 0.29) is 5.60 Å². The molecule has 3 nitrogen and oxygen atoms in total. The fourth-order valence-electron chi connectivity index (χ4n) is 2.43. The maximum Gasteiger partial charge on any atom is 0.221 e. The van der Waals surface area contributed by atoms with Gasteiger partial charge in [-0.3, -0.25) is 0 Å². The molecule has 0 saturated carbocycles. The highest BCUT2D eigenvalue weighted by Gasteiger charge is 2.14. The Kier molecular flexibility index (Phi) is 4.20. The predicted octanol–water partition coefficient (Wildman–Crippen LogP) is 5.02. The molecule has 3 rings (SSSR count). The summed E-state index contributed by atoms with van der Waals surface area (Å²) in [6, 6.07) is 18.7. The minimum atomic E-state index is -0.258. The molecular weight excluding hydrogens is 284 g/mol. The smallest absolute Gasteiger partial charge is 0.221 e. The van der Waals surface area contributed by atoms with Crippen LogP contribution in [-0.4, -0.2) is 10.6 Å². The monoisotopic (exact) mass is 306 g/mol. The van der Waals surface area contributed by atoms with Gasteiger partial charge in [0.1, 0.15) is 5.60 Å². The molecule has 118 valence electrons. The van der Waals surface area contributed by atoms with Crippen molar-refractivity contribution in [3.05, 3.63) is 66.4 Å². The Morgan fingerprint density at radius 3 is 2.52 bits per heavy atom. The van der Waals surface area contributed by atoms with Crippen LogP contribution in [0, 0.1) is 0 Å². The van der Waals surface area contributed by atoms with Gasteiger partial charge >= 0.3 is 0 Å². The number of nitrogens with one attached hydrogen (secondary N) is 1. The average molecular weight is 306 g/mol. The Morgan fingerprint density at radius 1 is 1.00 bits per heavy atom. The molecular formula is C20H22N2O. The molecule has 0 atom stereocenters. The topological polar surface area (TPSA) is 34.1 Å². The van der Waals surface area contributed by atoms with Crippen LogP contribution in [0.25, 0.3) is 10.8 Å². The number of hydrogen-bond acceptors (Lipinski definition) is 3. The van der Waals surface area contributed by atoms with Gasteiger partial charge in [-0.15, -0.1) is 0 Å². The van der Waals surface area contributed by atoms with Gasteiger partial charge in [-0.25, -0.2) is 4.98 Å². The zero-order valence-electron chi connectivity index (χ0n) is 13.8. The molecule has 1 aromatic heterocycles. The summed E-state index contributed by atoms with van der Waals surface area (Å²) in [7, 11) is 0. The van der Waals surface area contributed by atoms with E-state index >= 15 is 0 Å². The van der Waals surface area contributed by atoms with Crippen LogP contribution in [0.1, 0.15) is 26.3 Å². The number of fused-ring (bicyclic) bond motifs is 1. The third kappa shape index (κ3) is 4.01. The number of hydrogen-bond donors (Lipinski definition) is 1. The first-order chi connectivity index (χ1) is 11.0. The van der Waals surface area contributed by atoms with Crippen molar-refractivity contribution < 1.29 is 4.74 Å². The third-order valence-electron chi connectivity index (χ3n) is 3.47. The van der Waals surface area contributed by atoms with Crippen LogP contribution < -0.4 is 10.1 Å². The molecule has 3 heteroatoms. The van der Waals surface area contributed by atoms with Crippen LogP contribution in [0.3, 0.4) is 0 Å². The number of nitrogens with zero attached hydrogens (tertiary/aromatic N) is 1. The van der Waals surface area contributed by atoms with Gasteiger partial charge in [-0.2, -0.15) is 0 Å². The summed E-state index contributed by atoms with van der Waals surface area (Å²) in [4.78, 5) is 4.37. The molecule has 0 radical (unpaired) electrons. The summed E-state index contributed by atoms with van der Waals surface area (Å²) in [5.41, 5.74) is 2.10. The number of rotatable bonds is 4. The molecule has 23 heavy (non-hydrogen) atoms. The van der Waals surface area contributed by atoms with Gasteiger partial charge in [0.2, 0.25) is 5.88 Å². The van der Waals surface area contributed by atoms with Crippen LogP contribution in [-0.2, 0) is 6.54 Å². The summed E-state index contributed by atoms with van der Waals surface area (Å²) in [5.74, 6) is 0.685. The highest BCUT2D eigenvalue weighted by atomic mass is 16.5. The van der Waals surface area contributed by atoms with Crippen molar-refractivity contribution in [2.45, 2.75) is 32.9 Å². The normalized spacial score (nSPS) is 11.4. The molecule has 3 aromatic rings. The van der Waals surface area contributed by atoms with Crippen molar-refractivity contribution in [3.8, 4) is 5.88 Å². The lowest BCUT2D eigenvalue weighted by atomic mass is 10.1. The summed E-state index contributed by atoms with van der Waals surface area (Å²) in [6.07, 6.45) is 1.80. The Labute approximate surface area is 137 Å². The highest BCUT2D eigenvalue weighted by molar-refractivity contribution is 5.89. The molecule has 0 saturated heterocycles. The average Bonchev–Trinajstić information content (AvgIpc) is 2.52. The molecule has 0 aliphatic heterocycles. The van der Waals surface area contributed by atoms with E-state index in [2.05, 4.69) is 52.8 Å². The van der Waals surface area contributed by atoms with Crippen LogP contribution in [0.2, 0.25) is 0 Å². The molecule has 0 unspecified atom stereocenters. The third-order valence-corrected chi connectivity index (χ3v) is 3.47. The molecule has 1 heterocycles. The summed E-state index contributed by atoms with van der Waals surface area (Å²) >= 11 is 0. The first-order valence-corrected chi connectivity index (χ1v) is 7.87. The second kappa shape index (κ2) is 6.29. The van der Waals surface area contributed by atoms with E-state index in [1.165, 1.54) is 5.56 Å². The van der Waals surface area contributed by atoms with E-state index in [1.54, 1.807) is 6.20 Å². The minimum Gasteiger partial charge on any atom is -0.471 e. The van der Waals surface area contributed by atoms with Crippen LogP contribution in [0.15, 0.2) is 60.8 Å². The first-order valence-electron chi connectivity index (χ1n) is 7.87. The quantitative estimate of drug-likeness (QED) is 0.734. The van der Waals surface area contributed by atoms with Crippen LogP contribution in [0.5, 0.6) is 5.88 Å². The van der Waals surface area contributed by atoms with E-state index < -0.39 is 0 Å². The SMILES string of the molecule is CC(C)(C)Oc1nccc2cc(NCc3ccccc3)ccc12. The van der Waals surface area contributed by atoms with Crippen molar-refractivity contribution in [1.29, 1.82) is 0 Å². The number of anilines is 1. The van der Waals surface area contributed by atoms with E-state index in [9.17, 15) is 0 Å². The molecule has 0 spiro atoms. The largest absolute Gasteiger partial charge is 0.471 e. The highest BCUT2D eigenvalue weighted by Crippen LogP contribution is 2.28.